The van der Waals surface area contributed by atoms with E-state index in [2.05, 4.69) is 11.3 Å². The molecule has 1 rings (SSSR count). The lowest BCUT2D eigenvalue weighted by molar-refractivity contribution is -0.134. The molecule has 0 spiro atoms. The first-order chi connectivity index (χ1) is 6.77. The number of carbonyl (C=O) groups is 1. The number of esters is 1. The number of methoxy groups -OCH3 is 1. The van der Waals surface area contributed by atoms with Gasteiger partial charge in [0.25, 0.3) is 0 Å². The maximum atomic E-state index is 10.8. The standard InChI is InChI=1S/C12H12O2/c1-3-10-6-4-5-7-11(10)8-9-12(13)14-2/h3-9H,1H2,2H3/b9-8+. The summed E-state index contributed by atoms with van der Waals surface area (Å²) in [6.07, 6.45) is 4.85. The van der Waals surface area contributed by atoms with Gasteiger partial charge in [0.05, 0.1) is 7.11 Å². The number of carbonyl (C=O) groups excluding carboxylic acids is 1. The molecule has 0 bridgehead atoms. The second-order valence-electron chi connectivity index (χ2n) is 2.69. The molecule has 14 heavy (non-hydrogen) atoms. The fraction of sp³-hybridized carbons (Fsp3) is 0.0833. The van der Waals surface area contributed by atoms with E-state index in [1.54, 1.807) is 12.2 Å². The van der Waals surface area contributed by atoms with E-state index >= 15 is 0 Å². The zero-order chi connectivity index (χ0) is 10.4. The maximum absolute atomic E-state index is 10.8. The molecule has 0 heterocycles. The minimum Gasteiger partial charge on any atom is -0.466 e. The Morgan fingerprint density at radius 3 is 2.57 bits per heavy atom. The Balaban J connectivity index is 2.90. The molecule has 0 aromatic heterocycles. The van der Waals surface area contributed by atoms with Gasteiger partial charge in [-0.25, -0.2) is 4.79 Å². The molecular weight excluding hydrogens is 176 g/mol. The molecular formula is C12H12O2. The normalized spacial score (nSPS) is 10.1. The van der Waals surface area contributed by atoms with E-state index in [9.17, 15) is 4.79 Å². The van der Waals surface area contributed by atoms with Gasteiger partial charge in [0.15, 0.2) is 0 Å². The van der Waals surface area contributed by atoms with E-state index in [-0.39, 0.29) is 5.97 Å². The van der Waals surface area contributed by atoms with Crippen LogP contribution in [-0.4, -0.2) is 13.1 Å². The third-order valence-electron chi connectivity index (χ3n) is 1.82. The lowest BCUT2D eigenvalue weighted by Gasteiger charge is -1.98. The summed E-state index contributed by atoms with van der Waals surface area (Å²) in [5, 5.41) is 0. The van der Waals surface area contributed by atoms with Crippen LogP contribution in [0.2, 0.25) is 0 Å². The molecule has 0 aliphatic rings. The number of rotatable bonds is 3. The summed E-state index contributed by atoms with van der Waals surface area (Å²) in [5.74, 6) is -0.358. The third kappa shape index (κ3) is 2.59. The summed E-state index contributed by atoms with van der Waals surface area (Å²) in [5.41, 5.74) is 1.94. The highest BCUT2D eigenvalue weighted by Crippen LogP contribution is 2.11. The van der Waals surface area contributed by atoms with Gasteiger partial charge in [0, 0.05) is 6.08 Å². The molecule has 2 nitrogen and oxygen atoms in total. The van der Waals surface area contributed by atoms with Gasteiger partial charge in [-0.3, -0.25) is 0 Å². The van der Waals surface area contributed by atoms with Gasteiger partial charge >= 0.3 is 5.97 Å². The third-order valence-corrected chi connectivity index (χ3v) is 1.82. The molecule has 0 amide bonds. The summed E-state index contributed by atoms with van der Waals surface area (Å²) in [4.78, 5) is 10.8. The minimum absolute atomic E-state index is 0.358. The van der Waals surface area contributed by atoms with Crippen molar-refractivity contribution in [1.82, 2.24) is 0 Å². The number of ether oxygens (including phenoxy) is 1. The quantitative estimate of drug-likeness (QED) is 0.538. The minimum atomic E-state index is -0.358. The van der Waals surface area contributed by atoms with Crippen LogP contribution in [0.25, 0.3) is 12.2 Å². The molecule has 0 aliphatic carbocycles. The Morgan fingerprint density at radius 1 is 1.36 bits per heavy atom. The van der Waals surface area contributed by atoms with E-state index in [1.165, 1.54) is 13.2 Å². The predicted octanol–water partition coefficient (Wildman–Crippen LogP) is 2.52. The van der Waals surface area contributed by atoms with Crippen molar-refractivity contribution in [3.63, 3.8) is 0 Å². The fourth-order valence-electron chi connectivity index (χ4n) is 1.07. The summed E-state index contributed by atoms with van der Waals surface area (Å²) >= 11 is 0. The smallest absolute Gasteiger partial charge is 0.330 e. The van der Waals surface area contributed by atoms with Crippen LogP contribution in [0.15, 0.2) is 36.9 Å². The average molecular weight is 188 g/mol. The van der Waals surface area contributed by atoms with E-state index in [4.69, 9.17) is 0 Å². The van der Waals surface area contributed by atoms with Crippen LogP contribution in [-0.2, 0) is 9.53 Å². The molecule has 0 atom stereocenters. The average Bonchev–Trinajstić information content (AvgIpc) is 2.26. The van der Waals surface area contributed by atoms with Gasteiger partial charge in [-0.2, -0.15) is 0 Å². The topological polar surface area (TPSA) is 26.3 Å². The van der Waals surface area contributed by atoms with Gasteiger partial charge in [0.2, 0.25) is 0 Å². The Morgan fingerprint density at radius 2 is 2.00 bits per heavy atom. The van der Waals surface area contributed by atoms with Crippen LogP contribution in [0.4, 0.5) is 0 Å². The molecule has 0 aliphatic heterocycles. The van der Waals surface area contributed by atoms with Crippen LogP contribution < -0.4 is 0 Å². The summed E-state index contributed by atoms with van der Waals surface area (Å²) in [6.45, 7) is 3.69. The predicted molar refractivity (Wildman–Crippen MR) is 57.6 cm³/mol. The van der Waals surface area contributed by atoms with Crippen molar-refractivity contribution in [2.24, 2.45) is 0 Å². The van der Waals surface area contributed by atoms with Crippen LogP contribution in [0.1, 0.15) is 11.1 Å². The highest BCUT2D eigenvalue weighted by atomic mass is 16.5. The summed E-state index contributed by atoms with van der Waals surface area (Å²) in [7, 11) is 1.35. The van der Waals surface area contributed by atoms with Crippen molar-refractivity contribution in [2.45, 2.75) is 0 Å². The maximum Gasteiger partial charge on any atom is 0.330 e. The first kappa shape index (κ1) is 10.3. The molecule has 72 valence electrons. The van der Waals surface area contributed by atoms with Crippen LogP contribution in [0.5, 0.6) is 0 Å². The summed E-state index contributed by atoms with van der Waals surface area (Å²) < 4.78 is 4.49. The van der Waals surface area contributed by atoms with Crippen LogP contribution >= 0.6 is 0 Å². The first-order valence-corrected chi connectivity index (χ1v) is 4.25. The molecule has 2 heteroatoms. The Labute approximate surface area is 83.5 Å². The van der Waals surface area contributed by atoms with Crippen LogP contribution in [0, 0.1) is 0 Å². The number of hydrogen-bond donors (Lipinski definition) is 0. The van der Waals surface area contributed by atoms with Crippen molar-refractivity contribution >= 4 is 18.1 Å². The van der Waals surface area contributed by atoms with Gasteiger partial charge < -0.3 is 4.74 Å². The zero-order valence-electron chi connectivity index (χ0n) is 8.07. The SMILES string of the molecule is C=Cc1ccccc1/C=C/C(=O)OC. The Bertz CT molecular complexity index is 364. The van der Waals surface area contributed by atoms with E-state index in [1.807, 2.05) is 24.3 Å². The lowest BCUT2D eigenvalue weighted by atomic mass is 10.1. The highest BCUT2D eigenvalue weighted by molar-refractivity contribution is 5.87. The number of benzene rings is 1. The zero-order valence-corrected chi connectivity index (χ0v) is 8.07. The second kappa shape index (κ2) is 5.02. The second-order valence-corrected chi connectivity index (χ2v) is 2.69. The monoisotopic (exact) mass is 188 g/mol. The fourth-order valence-corrected chi connectivity index (χ4v) is 1.07. The molecule has 0 radical (unpaired) electrons. The Kier molecular flexibility index (Phi) is 3.68. The van der Waals surface area contributed by atoms with Crippen molar-refractivity contribution in [3.05, 3.63) is 48.0 Å². The van der Waals surface area contributed by atoms with Gasteiger partial charge in [-0.05, 0) is 17.2 Å². The van der Waals surface area contributed by atoms with E-state index in [0.717, 1.165) is 11.1 Å². The highest BCUT2D eigenvalue weighted by Gasteiger charge is 1.95. The van der Waals surface area contributed by atoms with Crippen molar-refractivity contribution in [1.29, 1.82) is 0 Å². The molecule has 1 aromatic carbocycles. The molecule has 0 N–H and O–H groups in total. The molecule has 1 aromatic rings. The van der Waals surface area contributed by atoms with E-state index in [0.29, 0.717) is 0 Å². The molecule has 0 saturated heterocycles. The molecule has 0 unspecified atom stereocenters. The van der Waals surface area contributed by atoms with Crippen molar-refractivity contribution < 1.29 is 9.53 Å². The lowest BCUT2D eigenvalue weighted by Crippen LogP contribution is -1.93. The Hall–Kier alpha value is -1.83. The van der Waals surface area contributed by atoms with Gasteiger partial charge in [0.1, 0.15) is 0 Å². The molecule has 0 fully saturated rings. The van der Waals surface area contributed by atoms with Gasteiger partial charge in [-0.1, -0.05) is 36.9 Å². The van der Waals surface area contributed by atoms with Crippen molar-refractivity contribution in [3.8, 4) is 0 Å². The first-order valence-electron chi connectivity index (χ1n) is 4.25. The van der Waals surface area contributed by atoms with Crippen molar-refractivity contribution in [2.75, 3.05) is 7.11 Å². The largest absolute Gasteiger partial charge is 0.466 e. The summed E-state index contributed by atoms with van der Waals surface area (Å²) in [6, 6.07) is 7.68. The number of hydrogen-bond acceptors (Lipinski definition) is 2. The van der Waals surface area contributed by atoms with E-state index < -0.39 is 0 Å². The molecule has 0 saturated carbocycles. The van der Waals surface area contributed by atoms with Crippen LogP contribution in [0.3, 0.4) is 0 Å². The van der Waals surface area contributed by atoms with Gasteiger partial charge in [-0.15, -0.1) is 0 Å².